The Bertz CT molecular complexity index is 732. The fourth-order valence-electron chi connectivity index (χ4n) is 2.82. The van der Waals surface area contributed by atoms with Crippen LogP contribution in [0.2, 0.25) is 0 Å². The van der Waals surface area contributed by atoms with Crippen molar-refractivity contribution in [3.05, 3.63) is 36.0 Å². The third kappa shape index (κ3) is 3.13. The highest BCUT2D eigenvalue weighted by Gasteiger charge is 2.36. The zero-order valence-electron chi connectivity index (χ0n) is 13.7. The van der Waals surface area contributed by atoms with Crippen molar-refractivity contribution in [3.63, 3.8) is 0 Å². The molecule has 0 radical (unpaired) electrons. The average Bonchev–Trinajstić information content (AvgIpc) is 2.98. The molecule has 0 bridgehead atoms. The quantitative estimate of drug-likeness (QED) is 0.773. The minimum atomic E-state index is -0.460. The summed E-state index contributed by atoms with van der Waals surface area (Å²) in [6.45, 7) is 1.14. The first-order valence-corrected chi connectivity index (χ1v) is 7.82. The normalized spacial score (nSPS) is 14.9. The highest BCUT2D eigenvalue weighted by molar-refractivity contribution is 6.07. The van der Waals surface area contributed by atoms with Crippen molar-refractivity contribution in [1.82, 2.24) is 15.2 Å². The first-order chi connectivity index (χ1) is 11.6. The van der Waals surface area contributed by atoms with Crippen molar-refractivity contribution in [2.75, 3.05) is 33.9 Å². The van der Waals surface area contributed by atoms with E-state index in [4.69, 9.17) is 9.47 Å². The number of amides is 2. The summed E-state index contributed by atoms with van der Waals surface area (Å²) in [5, 5.41) is 3.68. The van der Waals surface area contributed by atoms with Crippen molar-refractivity contribution in [1.29, 1.82) is 0 Å². The summed E-state index contributed by atoms with van der Waals surface area (Å²) in [6.07, 6.45) is 1.26. The van der Waals surface area contributed by atoms with Crippen LogP contribution in [0.5, 0.6) is 0 Å². The second kappa shape index (κ2) is 7.02. The van der Waals surface area contributed by atoms with Gasteiger partial charge in [0, 0.05) is 44.4 Å². The Balaban J connectivity index is 1.54. The Morgan fingerprint density at radius 3 is 2.71 bits per heavy atom. The minimum Gasteiger partial charge on any atom is -0.360 e. The number of fused-ring (bicyclic) bond motifs is 1. The minimum absolute atomic E-state index is 0.0526. The average molecular weight is 331 g/mol. The van der Waals surface area contributed by atoms with Gasteiger partial charge in [-0.25, -0.2) is 0 Å². The predicted octanol–water partition coefficient (Wildman–Crippen LogP) is 0.975. The van der Waals surface area contributed by atoms with Crippen molar-refractivity contribution in [3.8, 4) is 0 Å². The molecule has 0 atom stereocenters. The van der Waals surface area contributed by atoms with Crippen molar-refractivity contribution < 1.29 is 19.1 Å². The fraction of sp³-hybridized carbons (Fsp3) is 0.412. The summed E-state index contributed by atoms with van der Waals surface area (Å²) in [7, 11) is 3.04. The highest BCUT2D eigenvalue weighted by atomic mass is 16.7. The number of carbonyl (C=O) groups is 2. The summed E-state index contributed by atoms with van der Waals surface area (Å²) in [5.41, 5.74) is 1.57. The maximum atomic E-state index is 12.6. The molecule has 0 spiro atoms. The number of nitrogens with zero attached hydrogens (tertiary/aromatic N) is 1. The molecule has 7 heteroatoms. The van der Waals surface area contributed by atoms with E-state index in [9.17, 15) is 9.59 Å². The maximum Gasteiger partial charge on any atom is 0.256 e. The van der Waals surface area contributed by atoms with Gasteiger partial charge < -0.3 is 24.7 Å². The molecule has 2 heterocycles. The lowest BCUT2D eigenvalue weighted by Crippen LogP contribution is -2.56. The number of para-hydroxylation sites is 1. The largest absolute Gasteiger partial charge is 0.360 e. The number of H-pyrrole nitrogens is 1. The maximum absolute atomic E-state index is 12.6. The van der Waals surface area contributed by atoms with Gasteiger partial charge in [0.2, 0.25) is 5.91 Å². The summed E-state index contributed by atoms with van der Waals surface area (Å²) in [4.78, 5) is 29.4. The van der Waals surface area contributed by atoms with Gasteiger partial charge >= 0.3 is 0 Å². The van der Waals surface area contributed by atoms with Gasteiger partial charge in [0.15, 0.2) is 6.29 Å². The van der Waals surface area contributed by atoms with E-state index in [-0.39, 0.29) is 17.7 Å². The van der Waals surface area contributed by atoms with Gasteiger partial charge in [-0.3, -0.25) is 9.59 Å². The number of hydrogen-bond acceptors (Lipinski definition) is 4. The number of methoxy groups -OCH3 is 2. The van der Waals surface area contributed by atoms with Crippen LogP contribution in [0, 0.1) is 5.92 Å². The number of rotatable bonds is 6. The predicted molar refractivity (Wildman–Crippen MR) is 88.5 cm³/mol. The summed E-state index contributed by atoms with van der Waals surface area (Å²) in [5.74, 6) is -0.325. The molecular formula is C17H21N3O4. The van der Waals surface area contributed by atoms with Gasteiger partial charge in [0.25, 0.3) is 5.91 Å². The monoisotopic (exact) mass is 331 g/mol. The Morgan fingerprint density at radius 2 is 2.00 bits per heavy atom. The van der Waals surface area contributed by atoms with E-state index in [1.165, 1.54) is 14.2 Å². The first kappa shape index (κ1) is 16.5. The number of ether oxygens (including phenoxy) is 2. The molecular weight excluding hydrogens is 310 g/mol. The van der Waals surface area contributed by atoms with Gasteiger partial charge in [0.05, 0.1) is 18.0 Å². The Labute approximate surface area is 139 Å². The van der Waals surface area contributed by atoms with E-state index < -0.39 is 6.29 Å². The lowest BCUT2D eigenvalue weighted by molar-refractivity contribution is -0.134. The highest BCUT2D eigenvalue weighted by Crippen LogP contribution is 2.24. The number of carbonyl (C=O) groups excluding carboxylic acids is 2. The topological polar surface area (TPSA) is 83.7 Å². The standard InChI is InChI=1S/C17H21N3O4/c1-23-15(24-2)8-19-16(21)11-9-20(10-11)17(22)13-7-18-14-6-4-3-5-12(13)14/h3-7,11,15,18H,8-10H2,1-2H3,(H,19,21). The fourth-order valence-corrected chi connectivity index (χ4v) is 2.82. The van der Waals surface area contributed by atoms with Crippen LogP contribution in [0.15, 0.2) is 30.5 Å². The number of aromatic amines is 1. The van der Waals surface area contributed by atoms with E-state index >= 15 is 0 Å². The first-order valence-electron chi connectivity index (χ1n) is 7.82. The number of likely N-dealkylation sites (tertiary alicyclic amines) is 1. The number of hydrogen-bond donors (Lipinski definition) is 2. The van der Waals surface area contributed by atoms with E-state index in [1.807, 2.05) is 24.3 Å². The van der Waals surface area contributed by atoms with Gasteiger partial charge in [0.1, 0.15) is 0 Å². The second-order valence-corrected chi connectivity index (χ2v) is 5.80. The number of aromatic nitrogens is 1. The lowest BCUT2D eigenvalue weighted by atomic mass is 9.97. The molecule has 0 unspecified atom stereocenters. The van der Waals surface area contributed by atoms with Gasteiger partial charge in [-0.2, -0.15) is 0 Å². The third-order valence-electron chi connectivity index (χ3n) is 4.33. The number of nitrogens with one attached hydrogen (secondary N) is 2. The Kier molecular flexibility index (Phi) is 4.82. The van der Waals surface area contributed by atoms with Crippen LogP contribution in [0.25, 0.3) is 10.9 Å². The molecule has 7 nitrogen and oxygen atoms in total. The molecule has 1 aromatic carbocycles. The van der Waals surface area contributed by atoms with Crippen LogP contribution in [0.4, 0.5) is 0 Å². The van der Waals surface area contributed by atoms with E-state index in [2.05, 4.69) is 10.3 Å². The number of benzene rings is 1. The molecule has 1 aromatic heterocycles. The molecule has 1 aliphatic rings. The molecule has 0 aliphatic carbocycles. The second-order valence-electron chi connectivity index (χ2n) is 5.80. The smallest absolute Gasteiger partial charge is 0.256 e. The van der Waals surface area contributed by atoms with Gasteiger partial charge in [-0.15, -0.1) is 0 Å². The van der Waals surface area contributed by atoms with E-state index in [1.54, 1.807) is 11.1 Å². The molecule has 1 saturated heterocycles. The molecule has 2 aromatic rings. The summed E-state index contributed by atoms with van der Waals surface area (Å²) in [6, 6.07) is 7.67. The zero-order chi connectivity index (χ0) is 17.1. The van der Waals surface area contributed by atoms with Crippen LogP contribution < -0.4 is 5.32 Å². The van der Waals surface area contributed by atoms with Crippen LogP contribution in [0.1, 0.15) is 10.4 Å². The molecule has 0 saturated carbocycles. The molecule has 128 valence electrons. The Hall–Kier alpha value is -2.38. The van der Waals surface area contributed by atoms with Crippen LogP contribution in [0.3, 0.4) is 0 Å². The Morgan fingerprint density at radius 1 is 1.29 bits per heavy atom. The third-order valence-corrected chi connectivity index (χ3v) is 4.33. The van der Waals surface area contributed by atoms with Gasteiger partial charge in [-0.1, -0.05) is 18.2 Å². The van der Waals surface area contributed by atoms with Crippen molar-refractivity contribution in [2.24, 2.45) is 5.92 Å². The van der Waals surface area contributed by atoms with Crippen LogP contribution in [-0.4, -0.2) is 61.8 Å². The van der Waals surface area contributed by atoms with Crippen molar-refractivity contribution in [2.45, 2.75) is 6.29 Å². The molecule has 1 fully saturated rings. The molecule has 1 aliphatic heterocycles. The van der Waals surface area contributed by atoms with E-state index in [0.717, 1.165) is 10.9 Å². The molecule has 2 N–H and O–H groups in total. The molecule has 2 amide bonds. The lowest BCUT2D eigenvalue weighted by Gasteiger charge is -2.38. The molecule has 24 heavy (non-hydrogen) atoms. The summed E-state index contributed by atoms with van der Waals surface area (Å²) < 4.78 is 10.1. The van der Waals surface area contributed by atoms with Gasteiger partial charge in [-0.05, 0) is 6.07 Å². The van der Waals surface area contributed by atoms with Crippen LogP contribution >= 0.6 is 0 Å². The zero-order valence-corrected chi connectivity index (χ0v) is 13.7. The van der Waals surface area contributed by atoms with Crippen molar-refractivity contribution >= 4 is 22.7 Å². The molecule has 3 rings (SSSR count). The van der Waals surface area contributed by atoms with Crippen LogP contribution in [-0.2, 0) is 14.3 Å². The van der Waals surface area contributed by atoms with E-state index in [0.29, 0.717) is 25.2 Å². The SMILES string of the molecule is COC(CNC(=O)C1CN(C(=O)c2c[nH]c3ccccc23)C1)OC. The summed E-state index contributed by atoms with van der Waals surface area (Å²) >= 11 is 0.